The molecule has 0 fully saturated rings. The van der Waals surface area contributed by atoms with Crippen LogP contribution in [0.2, 0.25) is 0 Å². The Morgan fingerprint density at radius 2 is 0.710 bits per heavy atom. The summed E-state index contributed by atoms with van der Waals surface area (Å²) in [4.78, 5) is 13.2. The third-order valence-corrected chi connectivity index (χ3v) is 14.6. The first-order chi connectivity index (χ1) is 33.9. The van der Waals surface area contributed by atoms with Gasteiger partial charge in [-0.2, -0.15) is 0 Å². The van der Waals surface area contributed by atoms with Gasteiger partial charge in [-0.05, 0) is 45.1 Å². The van der Waals surface area contributed by atoms with Gasteiger partial charge in [0.25, 0.3) is 0 Å². The monoisotopic (exact) mass is 975 g/mol. The first-order valence-corrected chi connectivity index (χ1v) is 30.8. The Labute approximate surface area is 429 Å². The second-order valence-electron chi connectivity index (χ2n) is 21.4. The molecule has 0 saturated heterocycles. The molecule has 0 bridgehead atoms. The van der Waals surface area contributed by atoms with Gasteiger partial charge in [-0.1, -0.05) is 285 Å². The summed E-state index contributed by atoms with van der Waals surface area (Å²) in [5.74, 6) is -2.39. The van der Waals surface area contributed by atoms with Gasteiger partial charge in [-0.15, -0.1) is 0 Å². The van der Waals surface area contributed by atoms with Crippen LogP contribution in [0.5, 0.6) is 0 Å². The van der Waals surface area contributed by atoms with Crippen LogP contribution in [0, 0.1) is 5.92 Å². The molecule has 7 heteroatoms. The molecular formula is C62H118O7. The molecule has 0 aromatic carbocycles. The maximum absolute atomic E-state index is 13.2. The number of aliphatic carboxylic acids is 1. The quantitative estimate of drug-likeness (QED) is 0.0463. The number of aliphatic hydroxyl groups is 1. The number of ether oxygens (including phenoxy) is 4. The molecule has 0 heterocycles. The van der Waals surface area contributed by atoms with Crippen molar-refractivity contribution in [3.63, 3.8) is 0 Å². The number of unbranched alkanes of at least 4 members (excludes halogenated alkanes) is 40. The van der Waals surface area contributed by atoms with E-state index in [4.69, 9.17) is 18.9 Å². The highest BCUT2D eigenvalue weighted by molar-refractivity contribution is 5.88. The lowest BCUT2D eigenvalue weighted by Crippen LogP contribution is -2.52. The van der Waals surface area contributed by atoms with Gasteiger partial charge in [0.15, 0.2) is 11.5 Å². The highest BCUT2D eigenvalue weighted by atomic mass is 16.7. The van der Waals surface area contributed by atoms with Crippen LogP contribution in [0.1, 0.15) is 324 Å². The van der Waals surface area contributed by atoms with Gasteiger partial charge in [-0.3, -0.25) is 0 Å². The van der Waals surface area contributed by atoms with E-state index < -0.39 is 23.8 Å². The second-order valence-corrected chi connectivity index (χ2v) is 21.4. The number of aliphatic hydroxyl groups excluding tert-OH is 1. The molecule has 1 aliphatic carbocycles. The SMILES string of the molecule is CCCCCCCCCCCCCCCCOC1=C(OCCCCCCCCCCCCCCCC)C(OCCCC)(OCCCCCCCCCCCCCCCC)C(CC(C)O)C(C(=O)O)=C1. The van der Waals surface area contributed by atoms with Crippen molar-refractivity contribution in [1.29, 1.82) is 0 Å². The van der Waals surface area contributed by atoms with Crippen LogP contribution in [0.15, 0.2) is 23.2 Å². The summed E-state index contributed by atoms with van der Waals surface area (Å²) in [7, 11) is 0. The zero-order valence-electron chi connectivity index (χ0n) is 46.8. The van der Waals surface area contributed by atoms with Crippen molar-refractivity contribution in [2.45, 2.75) is 335 Å². The lowest BCUT2D eigenvalue weighted by atomic mass is 9.80. The highest BCUT2D eigenvalue weighted by Gasteiger charge is 2.54. The molecular weight excluding hydrogens is 857 g/mol. The van der Waals surface area contributed by atoms with E-state index in [1.54, 1.807) is 13.0 Å². The Hall–Kier alpha value is -1.57. The summed E-state index contributed by atoms with van der Waals surface area (Å²) in [6.45, 7) is 12.5. The molecule has 0 spiro atoms. The zero-order valence-corrected chi connectivity index (χ0v) is 46.8. The number of carboxylic acid groups (broad SMARTS) is 1. The number of rotatable bonds is 55. The van der Waals surface area contributed by atoms with Crippen molar-refractivity contribution in [2.75, 3.05) is 26.4 Å². The van der Waals surface area contributed by atoms with Crippen LogP contribution in [-0.4, -0.2) is 54.5 Å². The minimum absolute atomic E-state index is 0.160. The van der Waals surface area contributed by atoms with Crippen LogP contribution in [0.25, 0.3) is 0 Å². The van der Waals surface area contributed by atoms with E-state index in [1.165, 1.54) is 225 Å². The summed E-state index contributed by atoms with van der Waals surface area (Å²) in [6, 6.07) is 0. The van der Waals surface area contributed by atoms with Gasteiger partial charge in [0.2, 0.25) is 5.79 Å². The number of carbonyl (C=O) groups is 1. The Bertz CT molecular complexity index is 1180. The third-order valence-electron chi connectivity index (χ3n) is 14.6. The minimum Gasteiger partial charge on any atom is -0.490 e. The van der Waals surface area contributed by atoms with Crippen LogP contribution in [0.3, 0.4) is 0 Å². The molecule has 0 saturated carbocycles. The van der Waals surface area contributed by atoms with Crippen molar-refractivity contribution >= 4 is 5.97 Å². The highest BCUT2D eigenvalue weighted by Crippen LogP contribution is 2.46. The lowest BCUT2D eigenvalue weighted by Gasteiger charge is -2.44. The fourth-order valence-corrected chi connectivity index (χ4v) is 10.2. The van der Waals surface area contributed by atoms with E-state index in [0.717, 1.165) is 57.8 Å². The average molecular weight is 976 g/mol. The molecule has 7 nitrogen and oxygen atoms in total. The summed E-state index contributed by atoms with van der Waals surface area (Å²) in [5.41, 5.74) is 0.160. The standard InChI is InChI=1S/C62H118O7/c1-6-10-14-17-20-23-26-29-32-35-38-41-44-47-50-66-59-55-57(61(64)65)58(54-56(5)63)62(68-52-13-9-4,69-53-49-46-43-40-37-34-31-28-25-22-19-16-12-8-3)60(59)67-51-48-45-42-39-36-33-30-27-24-21-18-15-11-7-2/h55-56,58,63H,6-54H2,1-5H3,(H,64,65). The van der Waals surface area contributed by atoms with E-state index in [0.29, 0.717) is 37.9 Å². The van der Waals surface area contributed by atoms with Crippen LogP contribution in [-0.2, 0) is 23.7 Å². The van der Waals surface area contributed by atoms with Gasteiger partial charge < -0.3 is 29.2 Å². The largest absolute Gasteiger partial charge is 0.490 e. The van der Waals surface area contributed by atoms with Gasteiger partial charge in [0.05, 0.1) is 38.4 Å². The molecule has 408 valence electrons. The van der Waals surface area contributed by atoms with Gasteiger partial charge in [-0.25, -0.2) is 4.79 Å². The molecule has 3 unspecified atom stereocenters. The smallest absolute Gasteiger partial charge is 0.332 e. The maximum Gasteiger partial charge on any atom is 0.332 e. The van der Waals surface area contributed by atoms with E-state index >= 15 is 0 Å². The average Bonchev–Trinajstić information content (AvgIpc) is 3.33. The Kier molecular flexibility index (Phi) is 46.2. The van der Waals surface area contributed by atoms with Crippen molar-refractivity contribution in [3.8, 4) is 0 Å². The molecule has 69 heavy (non-hydrogen) atoms. The van der Waals surface area contributed by atoms with Crippen molar-refractivity contribution < 1.29 is 34.0 Å². The molecule has 1 aliphatic rings. The molecule has 0 aliphatic heterocycles. The van der Waals surface area contributed by atoms with Gasteiger partial charge in [0.1, 0.15) is 0 Å². The Morgan fingerprint density at radius 3 is 1.01 bits per heavy atom. The van der Waals surface area contributed by atoms with E-state index in [-0.39, 0.29) is 12.0 Å². The summed E-state index contributed by atoms with van der Waals surface area (Å²) in [6.07, 6.45) is 56.7. The minimum atomic E-state index is -1.49. The molecule has 1 rings (SSSR count). The molecule has 0 aromatic rings. The number of allylic oxidation sites excluding steroid dienone is 1. The molecule has 0 aromatic heterocycles. The predicted octanol–water partition coefficient (Wildman–Crippen LogP) is 19.6. The van der Waals surface area contributed by atoms with Crippen LogP contribution in [0.4, 0.5) is 0 Å². The van der Waals surface area contributed by atoms with Crippen molar-refractivity contribution in [2.24, 2.45) is 5.92 Å². The third kappa shape index (κ3) is 35.3. The molecule has 0 amide bonds. The van der Waals surface area contributed by atoms with E-state index in [9.17, 15) is 15.0 Å². The first-order valence-electron chi connectivity index (χ1n) is 30.8. The number of hydrogen-bond acceptors (Lipinski definition) is 6. The molecule has 2 N–H and O–H groups in total. The van der Waals surface area contributed by atoms with Gasteiger partial charge in [0, 0.05) is 5.57 Å². The zero-order chi connectivity index (χ0) is 50.1. The summed E-state index contributed by atoms with van der Waals surface area (Å²) in [5, 5.41) is 21.7. The van der Waals surface area contributed by atoms with Crippen LogP contribution >= 0.6 is 0 Å². The first kappa shape index (κ1) is 65.4. The summed E-state index contributed by atoms with van der Waals surface area (Å²) >= 11 is 0. The van der Waals surface area contributed by atoms with Crippen LogP contribution < -0.4 is 0 Å². The topological polar surface area (TPSA) is 94.5 Å². The van der Waals surface area contributed by atoms with Crippen molar-refractivity contribution in [1.82, 2.24) is 0 Å². The maximum atomic E-state index is 13.2. The fraction of sp³-hybridized carbons (Fsp3) is 0.919. The summed E-state index contributed by atoms with van der Waals surface area (Å²) < 4.78 is 27.3. The van der Waals surface area contributed by atoms with E-state index in [2.05, 4.69) is 27.7 Å². The van der Waals surface area contributed by atoms with Crippen molar-refractivity contribution in [3.05, 3.63) is 23.2 Å². The Balaban J connectivity index is 3.00. The molecule has 3 atom stereocenters. The van der Waals surface area contributed by atoms with Gasteiger partial charge >= 0.3 is 5.97 Å². The Morgan fingerprint density at radius 1 is 0.435 bits per heavy atom. The van der Waals surface area contributed by atoms with E-state index in [1.807, 2.05) is 0 Å². The molecule has 0 radical (unpaired) electrons. The fourth-order valence-electron chi connectivity index (χ4n) is 10.2. The second kappa shape index (κ2) is 48.7. The normalized spacial score (nSPS) is 16.6. The number of carboxylic acids is 1. The lowest BCUT2D eigenvalue weighted by molar-refractivity contribution is -0.263. The predicted molar refractivity (Wildman–Crippen MR) is 295 cm³/mol. The number of hydrogen-bond donors (Lipinski definition) is 2.